The highest BCUT2D eigenvalue weighted by molar-refractivity contribution is 7.15. The molecule has 0 bridgehead atoms. The molecule has 1 N–H and O–H groups in total. The van der Waals surface area contributed by atoms with Crippen LogP contribution in [-0.2, 0) is 13.0 Å². The van der Waals surface area contributed by atoms with Gasteiger partial charge in [0.25, 0.3) is 0 Å². The molecule has 2 aromatic heterocycles. The third-order valence-electron chi connectivity index (χ3n) is 2.20. The van der Waals surface area contributed by atoms with Gasteiger partial charge in [0, 0.05) is 6.42 Å². The first kappa shape index (κ1) is 11.1. The zero-order valence-electron chi connectivity index (χ0n) is 9.27. The minimum atomic E-state index is 0.662. The fourth-order valence-corrected chi connectivity index (χ4v) is 2.11. The van der Waals surface area contributed by atoms with E-state index in [1.165, 1.54) is 12.8 Å². The molecule has 0 radical (unpaired) electrons. The molecule has 0 fully saturated rings. The van der Waals surface area contributed by atoms with Crippen molar-refractivity contribution < 1.29 is 4.42 Å². The number of furan rings is 1. The molecule has 4 nitrogen and oxygen atoms in total. The van der Waals surface area contributed by atoms with Gasteiger partial charge in [-0.3, -0.25) is 0 Å². The van der Waals surface area contributed by atoms with Gasteiger partial charge in [0.2, 0.25) is 5.13 Å². The van der Waals surface area contributed by atoms with Gasteiger partial charge < -0.3 is 9.73 Å². The van der Waals surface area contributed by atoms with Gasteiger partial charge in [-0.15, -0.1) is 10.2 Å². The highest BCUT2D eigenvalue weighted by Gasteiger charge is 2.03. The van der Waals surface area contributed by atoms with Crippen LogP contribution in [0.3, 0.4) is 0 Å². The molecule has 0 aliphatic carbocycles. The molecule has 0 aliphatic heterocycles. The number of unbranched alkanes of at least 4 members (excludes halogenated alkanes) is 1. The van der Waals surface area contributed by atoms with E-state index in [0.29, 0.717) is 6.54 Å². The quantitative estimate of drug-likeness (QED) is 0.838. The predicted octanol–water partition coefficient (Wildman–Crippen LogP) is 3.09. The second-order valence-electron chi connectivity index (χ2n) is 3.54. The monoisotopic (exact) mass is 237 g/mol. The first-order valence-electron chi connectivity index (χ1n) is 5.47. The molecule has 2 aromatic rings. The molecule has 86 valence electrons. The molecule has 0 spiro atoms. The van der Waals surface area contributed by atoms with Crippen LogP contribution in [0.25, 0.3) is 0 Å². The van der Waals surface area contributed by atoms with Gasteiger partial charge in [-0.25, -0.2) is 0 Å². The molecule has 2 rings (SSSR count). The molecule has 0 aliphatic rings. The van der Waals surface area contributed by atoms with Crippen LogP contribution in [0, 0.1) is 0 Å². The van der Waals surface area contributed by atoms with Crippen molar-refractivity contribution in [1.82, 2.24) is 10.2 Å². The molecule has 0 amide bonds. The molecule has 0 saturated carbocycles. The van der Waals surface area contributed by atoms with Crippen molar-refractivity contribution in [3.63, 3.8) is 0 Å². The van der Waals surface area contributed by atoms with Gasteiger partial charge in [0.1, 0.15) is 10.8 Å². The normalized spacial score (nSPS) is 10.6. The SMILES string of the molecule is CCCCc1nnc(NCc2ccco2)s1. The Morgan fingerprint density at radius 3 is 3.12 bits per heavy atom. The number of aromatic nitrogens is 2. The van der Waals surface area contributed by atoms with E-state index in [1.54, 1.807) is 17.6 Å². The second-order valence-corrected chi connectivity index (χ2v) is 4.60. The Hall–Kier alpha value is -1.36. The zero-order valence-corrected chi connectivity index (χ0v) is 10.1. The standard InChI is InChI=1S/C11H15N3OS/c1-2-3-6-10-13-14-11(16-10)12-8-9-5-4-7-15-9/h4-5,7H,2-3,6,8H2,1H3,(H,12,14). The lowest BCUT2D eigenvalue weighted by Crippen LogP contribution is -1.96. The van der Waals surface area contributed by atoms with E-state index in [2.05, 4.69) is 22.4 Å². The van der Waals surface area contributed by atoms with Gasteiger partial charge in [0.05, 0.1) is 12.8 Å². The molecule has 0 aromatic carbocycles. The molecule has 5 heteroatoms. The van der Waals surface area contributed by atoms with Crippen LogP contribution in [0.2, 0.25) is 0 Å². The second kappa shape index (κ2) is 5.65. The maximum atomic E-state index is 5.22. The Kier molecular flexibility index (Phi) is 3.93. The molecule has 0 unspecified atom stereocenters. The Morgan fingerprint density at radius 2 is 2.38 bits per heavy atom. The summed E-state index contributed by atoms with van der Waals surface area (Å²) in [6, 6.07) is 3.82. The molecular weight excluding hydrogens is 222 g/mol. The number of rotatable bonds is 6. The van der Waals surface area contributed by atoms with Crippen LogP contribution >= 0.6 is 11.3 Å². The lowest BCUT2D eigenvalue weighted by atomic mass is 10.3. The number of nitrogens with one attached hydrogen (secondary N) is 1. The third kappa shape index (κ3) is 3.06. The summed E-state index contributed by atoms with van der Waals surface area (Å²) in [5.41, 5.74) is 0. The van der Waals surface area contributed by atoms with Crippen molar-refractivity contribution in [2.75, 3.05) is 5.32 Å². The smallest absolute Gasteiger partial charge is 0.206 e. The minimum absolute atomic E-state index is 0.662. The Bertz CT molecular complexity index is 411. The van der Waals surface area contributed by atoms with Gasteiger partial charge in [-0.1, -0.05) is 24.7 Å². The summed E-state index contributed by atoms with van der Waals surface area (Å²) in [5.74, 6) is 0.908. The van der Waals surface area contributed by atoms with Crippen molar-refractivity contribution >= 4 is 16.5 Å². The number of aryl methyl sites for hydroxylation is 1. The van der Waals surface area contributed by atoms with E-state index in [0.717, 1.165) is 22.3 Å². The molecule has 0 saturated heterocycles. The van der Waals surface area contributed by atoms with E-state index in [1.807, 2.05) is 12.1 Å². The van der Waals surface area contributed by atoms with Crippen LogP contribution in [-0.4, -0.2) is 10.2 Å². The highest BCUT2D eigenvalue weighted by atomic mass is 32.1. The fraction of sp³-hybridized carbons (Fsp3) is 0.455. The van der Waals surface area contributed by atoms with E-state index < -0.39 is 0 Å². The Balaban J connectivity index is 1.83. The summed E-state index contributed by atoms with van der Waals surface area (Å²) in [6.07, 6.45) is 5.06. The van der Waals surface area contributed by atoms with Crippen molar-refractivity contribution in [1.29, 1.82) is 0 Å². The van der Waals surface area contributed by atoms with E-state index in [4.69, 9.17) is 4.42 Å². The Morgan fingerprint density at radius 1 is 1.44 bits per heavy atom. The fourth-order valence-electron chi connectivity index (χ4n) is 1.33. The molecular formula is C11H15N3OS. The summed E-state index contributed by atoms with van der Waals surface area (Å²) >= 11 is 1.62. The maximum Gasteiger partial charge on any atom is 0.206 e. The maximum absolute atomic E-state index is 5.22. The van der Waals surface area contributed by atoms with Crippen LogP contribution in [0.5, 0.6) is 0 Å². The van der Waals surface area contributed by atoms with E-state index >= 15 is 0 Å². The number of hydrogen-bond acceptors (Lipinski definition) is 5. The summed E-state index contributed by atoms with van der Waals surface area (Å²) in [7, 11) is 0. The van der Waals surface area contributed by atoms with Crippen LogP contribution in [0.1, 0.15) is 30.5 Å². The summed E-state index contributed by atoms with van der Waals surface area (Å²) in [5, 5.41) is 13.4. The number of hydrogen-bond donors (Lipinski definition) is 1. The average molecular weight is 237 g/mol. The van der Waals surface area contributed by atoms with Crippen LogP contribution in [0.15, 0.2) is 22.8 Å². The van der Waals surface area contributed by atoms with Crippen LogP contribution < -0.4 is 5.32 Å². The summed E-state index contributed by atoms with van der Waals surface area (Å²) in [4.78, 5) is 0. The van der Waals surface area contributed by atoms with Gasteiger partial charge in [-0.2, -0.15) is 0 Å². The summed E-state index contributed by atoms with van der Waals surface area (Å²) in [6.45, 7) is 2.84. The van der Waals surface area contributed by atoms with Crippen molar-refractivity contribution in [2.45, 2.75) is 32.7 Å². The van der Waals surface area contributed by atoms with Crippen molar-refractivity contribution in [3.8, 4) is 0 Å². The zero-order chi connectivity index (χ0) is 11.2. The van der Waals surface area contributed by atoms with Crippen LogP contribution in [0.4, 0.5) is 5.13 Å². The molecule has 0 atom stereocenters. The predicted molar refractivity (Wildman–Crippen MR) is 64.6 cm³/mol. The topological polar surface area (TPSA) is 51.0 Å². The molecule has 16 heavy (non-hydrogen) atoms. The minimum Gasteiger partial charge on any atom is -0.467 e. The van der Waals surface area contributed by atoms with Gasteiger partial charge in [-0.05, 0) is 18.6 Å². The van der Waals surface area contributed by atoms with E-state index in [-0.39, 0.29) is 0 Å². The van der Waals surface area contributed by atoms with Crippen molar-refractivity contribution in [3.05, 3.63) is 29.2 Å². The number of nitrogens with zero attached hydrogens (tertiary/aromatic N) is 2. The van der Waals surface area contributed by atoms with Gasteiger partial charge in [0.15, 0.2) is 0 Å². The third-order valence-corrected chi connectivity index (χ3v) is 3.15. The number of anilines is 1. The largest absolute Gasteiger partial charge is 0.467 e. The highest BCUT2D eigenvalue weighted by Crippen LogP contribution is 2.17. The Labute approximate surface area is 98.7 Å². The lowest BCUT2D eigenvalue weighted by molar-refractivity contribution is 0.518. The summed E-state index contributed by atoms with van der Waals surface area (Å²) < 4.78 is 5.22. The van der Waals surface area contributed by atoms with Crippen molar-refractivity contribution in [2.24, 2.45) is 0 Å². The lowest BCUT2D eigenvalue weighted by Gasteiger charge is -1.96. The first-order chi connectivity index (χ1) is 7.88. The first-order valence-corrected chi connectivity index (χ1v) is 6.28. The molecule has 2 heterocycles. The van der Waals surface area contributed by atoms with E-state index in [9.17, 15) is 0 Å². The van der Waals surface area contributed by atoms with Gasteiger partial charge >= 0.3 is 0 Å². The average Bonchev–Trinajstić information content (AvgIpc) is 2.95.